The van der Waals surface area contributed by atoms with E-state index in [1.165, 1.54) is 27.8 Å². The summed E-state index contributed by atoms with van der Waals surface area (Å²) in [4.78, 5) is 4.84. The van der Waals surface area contributed by atoms with Crippen LogP contribution in [0.15, 0.2) is 132 Å². The molecule has 0 aliphatic heterocycles. The maximum absolute atomic E-state index is 6.39. The summed E-state index contributed by atoms with van der Waals surface area (Å²) in [6, 6.07) is 43.0. The summed E-state index contributed by atoms with van der Waals surface area (Å²) in [6.07, 6.45) is 1.89. The summed E-state index contributed by atoms with van der Waals surface area (Å²) in [6.45, 7) is 0. The maximum Gasteiger partial charge on any atom is 0.143 e. The molecule has 2 aromatic heterocycles. The average Bonchev–Trinajstić information content (AvgIpc) is 3.35. The van der Waals surface area contributed by atoms with Gasteiger partial charge < -0.3 is 4.42 Å². The lowest BCUT2D eigenvalue weighted by Gasteiger charge is -2.23. The van der Waals surface area contributed by atoms with Gasteiger partial charge in [-0.05, 0) is 51.6 Å². The van der Waals surface area contributed by atoms with E-state index >= 15 is 0 Å². The Balaban J connectivity index is 1.45. The van der Waals surface area contributed by atoms with Crippen LogP contribution in [-0.2, 0) is 0 Å². The number of aromatic nitrogens is 1. The predicted octanol–water partition coefficient (Wildman–Crippen LogP) is 9.63. The zero-order valence-corrected chi connectivity index (χ0v) is 20.0. The number of pyridine rings is 1. The highest BCUT2D eigenvalue weighted by Crippen LogP contribution is 2.48. The second-order valence-electron chi connectivity index (χ2n) is 9.53. The first-order valence-electron chi connectivity index (χ1n) is 12.6. The molecular weight excluding hydrogens is 450 g/mol. The second-order valence-corrected chi connectivity index (χ2v) is 9.53. The molecule has 5 aromatic carbocycles. The maximum atomic E-state index is 6.39. The predicted molar refractivity (Wildman–Crippen MR) is 152 cm³/mol. The Labute approximate surface area is 214 Å². The van der Waals surface area contributed by atoms with E-state index < -0.39 is 0 Å². The first-order valence-corrected chi connectivity index (χ1v) is 12.6. The van der Waals surface area contributed by atoms with Gasteiger partial charge in [0, 0.05) is 33.7 Å². The van der Waals surface area contributed by atoms with Crippen LogP contribution >= 0.6 is 0 Å². The standard InChI is InChI=1S/C35H21NO/c1-2-11-26-24(9-1)30-16-8-20-36-34(30)29-13-4-3-10-25(29)27-19-18-22(21-32(26)27)23-14-7-15-31-28-12-5-6-17-33(28)37-35(23)31/h1-21H. The third-order valence-electron chi connectivity index (χ3n) is 7.52. The first kappa shape index (κ1) is 20.3. The zero-order chi connectivity index (χ0) is 24.3. The fourth-order valence-electron chi connectivity index (χ4n) is 5.86. The highest BCUT2D eigenvalue weighted by Gasteiger charge is 2.23. The third-order valence-corrected chi connectivity index (χ3v) is 7.52. The quantitative estimate of drug-likeness (QED) is 0.238. The second kappa shape index (κ2) is 7.78. The molecule has 0 radical (unpaired) electrons. The molecule has 37 heavy (non-hydrogen) atoms. The van der Waals surface area contributed by atoms with Gasteiger partial charge >= 0.3 is 0 Å². The van der Waals surface area contributed by atoms with E-state index in [2.05, 4.69) is 103 Å². The number of rotatable bonds is 1. The molecule has 0 saturated carbocycles. The number of hydrogen-bond donors (Lipinski definition) is 0. The molecular formula is C35H21NO. The van der Waals surface area contributed by atoms with Crippen molar-refractivity contribution in [2.24, 2.45) is 0 Å². The van der Waals surface area contributed by atoms with Gasteiger partial charge in [0.2, 0.25) is 0 Å². The van der Waals surface area contributed by atoms with Crippen LogP contribution in [-0.4, -0.2) is 4.98 Å². The third kappa shape index (κ3) is 2.96. The van der Waals surface area contributed by atoms with Crippen molar-refractivity contribution in [1.29, 1.82) is 0 Å². The highest BCUT2D eigenvalue weighted by molar-refractivity contribution is 6.10. The van der Waals surface area contributed by atoms with Crippen LogP contribution in [0.25, 0.3) is 77.7 Å². The summed E-state index contributed by atoms with van der Waals surface area (Å²) in [7, 11) is 0. The van der Waals surface area contributed by atoms with Crippen molar-refractivity contribution in [2.75, 3.05) is 0 Å². The number of nitrogens with zero attached hydrogens (tertiary/aromatic N) is 1. The minimum absolute atomic E-state index is 0.916. The molecule has 2 nitrogen and oxygen atoms in total. The Kier molecular flexibility index (Phi) is 4.26. The normalized spacial score (nSPS) is 11.8. The van der Waals surface area contributed by atoms with Crippen LogP contribution < -0.4 is 0 Å². The molecule has 2 heterocycles. The molecule has 2 heteroatoms. The highest BCUT2D eigenvalue weighted by atomic mass is 16.3. The van der Waals surface area contributed by atoms with Gasteiger partial charge in [0.05, 0.1) is 5.69 Å². The van der Waals surface area contributed by atoms with Crippen molar-refractivity contribution in [1.82, 2.24) is 4.98 Å². The van der Waals surface area contributed by atoms with Crippen LogP contribution in [0.1, 0.15) is 0 Å². The van der Waals surface area contributed by atoms with E-state index in [1.54, 1.807) is 0 Å². The molecule has 0 fully saturated rings. The molecule has 7 aromatic rings. The Bertz CT molecular complexity index is 1990. The van der Waals surface area contributed by atoms with Crippen LogP contribution in [0.5, 0.6) is 0 Å². The van der Waals surface area contributed by atoms with E-state index in [0.29, 0.717) is 0 Å². The molecule has 0 N–H and O–H groups in total. The SMILES string of the molecule is c1ccc2c(c1)-c1cc(-c3cccc4c3oc3ccccc34)ccc1-c1ccccc1-c1ncccc1-2. The van der Waals surface area contributed by atoms with Crippen molar-refractivity contribution in [2.45, 2.75) is 0 Å². The van der Waals surface area contributed by atoms with Crippen molar-refractivity contribution < 1.29 is 4.42 Å². The van der Waals surface area contributed by atoms with Crippen LogP contribution in [0.4, 0.5) is 0 Å². The Morgan fingerprint density at radius 3 is 1.92 bits per heavy atom. The molecule has 0 amide bonds. The van der Waals surface area contributed by atoms with Crippen molar-refractivity contribution in [3.05, 3.63) is 128 Å². The van der Waals surface area contributed by atoms with E-state index in [-0.39, 0.29) is 0 Å². The summed E-state index contributed by atoms with van der Waals surface area (Å²) in [5.74, 6) is 0. The smallest absolute Gasteiger partial charge is 0.143 e. The molecule has 0 atom stereocenters. The van der Waals surface area contributed by atoms with Crippen LogP contribution in [0.3, 0.4) is 0 Å². The van der Waals surface area contributed by atoms with Gasteiger partial charge in [0.15, 0.2) is 0 Å². The average molecular weight is 472 g/mol. The van der Waals surface area contributed by atoms with E-state index in [1.807, 2.05) is 24.4 Å². The van der Waals surface area contributed by atoms with E-state index in [4.69, 9.17) is 9.40 Å². The van der Waals surface area contributed by atoms with Gasteiger partial charge in [0.1, 0.15) is 11.2 Å². The van der Waals surface area contributed by atoms with Gasteiger partial charge in [-0.3, -0.25) is 4.98 Å². The Morgan fingerprint density at radius 2 is 1.05 bits per heavy atom. The fourth-order valence-corrected chi connectivity index (χ4v) is 5.86. The largest absolute Gasteiger partial charge is 0.455 e. The molecule has 0 saturated heterocycles. The fraction of sp³-hybridized carbons (Fsp3) is 0. The molecule has 0 spiro atoms. The van der Waals surface area contributed by atoms with Crippen molar-refractivity contribution in [3.63, 3.8) is 0 Å². The monoisotopic (exact) mass is 471 g/mol. The molecule has 1 aliphatic rings. The number of fused-ring (bicyclic) bond motifs is 11. The lowest BCUT2D eigenvalue weighted by atomic mass is 9.81. The van der Waals surface area contributed by atoms with Crippen molar-refractivity contribution in [3.8, 4) is 55.8 Å². The van der Waals surface area contributed by atoms with E-state index in [9.17, 15) is 0 Å². The first-order chi connectivity index (χ1) is 18.4. The number of para-hydroxylation sites is 2. The molecule has 8 rings (SSSR count). The number of furan rings is 1. The van der Waals surface area contributed by atoms with E-state index in [0.717, 1.165) is 49.9 Å². The van der Waals surface area contributed by atoms with Gasteiger partial charge in [-0.1, -0.05) is 103 Å². The van der Waals surface area contributed by atoms with Crippen LogP contribution in [0.2, 0.25) is 0 Å². The number of benzene rings is 5. The minimum atomic E-state index is 0.916. The zero-order valence-electron chi connectivity index (χ0n) is 20.0. The summed E-state index contributed by atoms with van der Waals surface area (Å²) in [5.41, 5.74) is 13.4. The van der Waals surface area contributed by atoms with Gasteiger partial charge in [-0.2, -0.15) is 0 Å². The Hall–Kier alpha value is -4.95. The topological polar surface area (TPSA) is 26.0 Å². The summed E-state index contributed by atoms with van der Waals surface area (Å²) in [5, 5.41) is 2.29. The molecule has 1 aliphatic carbocycles. The number of hydrogen-bond acceptors (Lipinski definition) is 2. The molecule has 0 unspecified atom stereocenters. The van der Waals surface area contributed by atoms with Gasteiger partial charge in [0.25, 0.3) is 0 Å². The van der Waals surface area contributed by atoms with Crippen LogP contribution in [0, 0.1) is 0 Å². The lowest BCUT2D eigenvalue weighted by Crippen LogP contribution is -1.98. The molecule has 0 bridgehead atoms. The molecule has 172 valence electrons. The van der Waals surface area contributed by atoms with Crippen molar-refractivity contribution >= 4 is 21.9 Å². The summed E-state index contributed by atoms with van der Waals surface area (Å²) < 4.78 is 6.39. The van der Waals surface area contributed by atoms with Gasteiger partial charge in [-0.15, -0.1) is 0 Å². The minimum Gasteiger partial charge on any atom is -0.455 e. The van der Waals surface area contributed by atoms with Gasteiger partial charge in [-0.25, -0.2) is 0 Å². The summed E-state index contributed by atoms with van der Waals surface area (Å²) >= 11 is 0. The lowest BCUT2D eigenvalue weighted by molar-refractivity contribution is 0.670. The Morgan fingerprint density at radius 1 is 0.432 bits per heavy atom.